The first-order chi connectivity index (χ1) is 11.2. The summed E-state index contributed by atoms with van der Waals surface area (Å²) in [6.07, 6.45) is 4.82. The average molecular weight is 326 g/mol. The number of benzene rings is 1. The lowest BCUT2D eigenvalue weighted by atomic mass is 9.98. The Labute approximate surface area is 138 Å². The monoisotopic (exact) mass is 326 g/mol. The second kappa shape index (κ2) is 5.77. The Balaban J connectivity index is 1.40. The van der Waals surface area contributed by atoms with E-state index in [0.717, 1.165) is 47.7 Å². The lowest BCUT2D eigenvalue weighted by Crippen LogP contribution is -2.51. The van der Waals surface area contributed by atoms with Crippen molar-refractivity contribution in [2.75, 3.05) is 13.1 Å². The summed E-state index contributed by atoms with van der Waals surface area (Å²) in [6.45, 7) is 4.70. The lowest BCUT2D eigenvalue weighted by Gasteiger charge is -2.39. The number of thiazole rings is 1. The van der Waals surface area contributed by atoms with Crippen molar-refractivity contribution >= 4 is 27.5 Å². The molecule has 3 aromatic rings. The first-order valence-corrected chi connectivity index (χ1v) is 8.75. The molecule has 1 aliphatic heterocycles. The highest BCUT2D eigenvalue weighted by atomic mass is 32.1. The van der Waals surface area contributed by atoms with Gasteiger partial charge in [0.25, 0.3) is 5.91 Å². The molecule has 1 aliphatic rings. The number of nitrogens with zero attached hydrogens (tertiary/aromatic N) is 4. The molecule has 1 amide bonds. The number of likely N-dealkylation sites (tertiary alicyclic amines) is 1. The summed E-state index contributed by atoms with van der Waals surface area (Å²) in [5, 5.41) is 0. The van der Waals surface area contributed by atoms with Gasteiger partial charge < -0.3 is 9.47 Å². The van der Waals surface area contributed by atoms with Crippen LogP contribution in [-0.2, 0) is 13.0 Å². The van der Waals surface area contributed by atoms with Gasteiger partial charge in [-0.25, -0.2) is 9.97 Å². The number of carbonyl (C=O) groups is 1. The fourth-order valence-electron chi connectivity index (χ4n) is 3.12. The van der Waals surface area contributed by atoms with E-state index in [9.17, 15) is 4.79 Å². The van der Waals surface area contributed by atoms with Crippen molar-refractivity contribution in [3.63, 3.8) is 0 Å². The van der Waals surface area contributed by atoms with E-state index in [1.807, 2.05) is 41.0 Å². The second-order valence-corrected chi connectivity index (χ2v) is 6.85. The van der Waals surface area contributed by atoms with Crippen LogP contribution in [0.5, 0.6) is 0 Å². The van der Waals surface area contributed by atoms with Crippen LogP contribution in [0.3, 0.4) is 0 Å². The molecule has 4 rings (SSSR count). The molecule has 1 fully saturated rings. The van der Waals surface area contributed by atoms with Gasteiger partial charge >= 0.3 is 0 Å². The Kier molecular flexibility index (Phi) is 3.61. The predicted octanol–water partition coefficient (Wildman–Crippen LogP) is 2.83. The first kappa shape index (κ1) is 14.4. The Morgan fingerprint density at radius 1 is 1.35 bits per heavy atom. The molecule has 0 unspecified atom stereocenters. The maximum atomic E-state index is 12.6. The van der Waals surface area contributed by atoms with Gasteiger partial charge in [-0.2, -0.15) is 0 Å². The molecule has 0 N–H and O–H groups in total. The van der Waals surface area contributed by atoms with Gasteiger partial charge in [0.1, 0.15) is 5.82 Å². The van der Waals surface area contributed by atoms with Gasteiger partial charge in [0.15, 0.2) is 0 Å². The maximum absolute atomic E-state index is 12.6. The molecule has 23 heavy (non-hydrogen) atoms. The van der Waals surface area contributed by atoms with Crippen molar-refractivity contribution in [1.29, 1.82) is 0 Å². The van der Waals surface area contributed by atoms with Crippen LogP contribution < -0.4 is 0 Å². The molecule has 0 bridgehead atoms. The van der Waals surface area contributed by atoms with Gasteiger partial charge in [-0.15, -0.1) is 11.3 Å². The number of hydrogen-bond acceptors (Lipinski definition) is 4. The van der Waals surface area contributed by atoms with E-state index >= 15 is 0 Å². The maximum Gasteiger partial charge on any atom is 0.253 e. The number of aromatic nitrogens is 3. The molecule has 0 aliphatic carbocycles. The van der Waals surface area contributed by atoms with Crippen LogP contribution in [0, 0.1) is 5.92 Å². The molecule has 3 heterocycles. The van der Waals surface area contributed by atoms with E-state index in [-0.39, 0.29) is 5.91 Å². The molecular weight excluding hydrogens is 308 g/mol. The zero-order chi connectivity index (χ0) is 15.8. The Morgan fingerprint density at radius 2 is 2.22 bits per heavy atom. The minimum atomic E-state index is 0.123. The first-order valence-electron chi connectivity index (χ1n) is 7.87. The highest BCUT2D eigenvalue weighted by molar-refractivity contribution is 7.16. The van der Waals surface area contributed by atoms with Crippen LogP contribution in [-0.4, -0.2) is 38.4 Å². The molecule has 118 valence electrons. The topological polar surface area (TPSA) is 51.0 Å². The number of imidazole rings is 1. The number of hydrogen-bond donors (Lipinski definition) is 0. The number of aryl methyl sites for hydroxylation is 1. The van der Waals surface area contributed by atoms with Crippen LogP contribution in [0.15, 0.2) is 36.1 Å². The van der Waals surface area contributed by atoms with E-state index in [1.54, 1.807) is 11.3 Å². The van der Waals surface area contributed by atoms with Crippen LogP contribution in [0.25, 0.3) is 10.2 Å². The Bertz CT molecular complexity index is 847. The van der Waals surface area contributed by atoms with Crippen molar-refractivity contribution in [3.8, 4) is 0 Å². The SMILES string of the molecule is CCc1nccn1CC1CN(C(=O)c2ccc3ncsc3c2)C1. The smallest absolute Gasteiger partial charge is 0.253 e. The minimum Gasteiger partial charge on any atom is -0.338 e. The summed E-state index contributed by atoms with van der Waals surface area (Å²) in [5.74, 6) is 1.76. The van der Waals surface area contributed by atoms with Gasteiger partial charge in [0.05, 0.1) is 15.7 Å². The largest absolute Gasteiger partial charge is 0.338 e. The summed E-state index contributed by atoms with van der Waals surface area (Å²) in [4.78, 5) is 23.1. The fraction of sp³-hybridized carbons (Fsp3) is 0.353. The summed E-state index contributed by atoms with van der Waals surface area (Å²) < 4.78 is 3.27. The molecule has 1 saturated heterocycles. The van der Waals surface area contributed by atoms with Crippen LogP contribution >= 0.6 is 11.3 Å². The molecule has 2 aromatic heterocycles. The summed E-state index contributed by atoms with van der Waals surface area (Å²) in [6, 6.07) is 5.76. The van der Waals surface area contributed by atoms with Crippen LogP contribution in [0.4, 0.5) is 0 Å². The second-order valence-electron chi connectivity index (χ2n) is 5.96. The Hall–Kier alpha value is -2.21. The van der Waals surface area contributed by atoms with Crippen LogP contribution in [0.2, 0.25) is 0 Å². The van der Waals surface area contributed by atoms with Gasteiger partial charge in [0.2, 0.25) is 0 Å². The number of carbonyl (C=O) groups excluding carboxylic acids is 1. The third-order valence-corrected chi connectivity index (χ3v) is 5.19. The zero-order valence-corrected chi connectivity index (χ0v) is 13.8. The van der Waals surface area contributed by atoms with E-state index < -0.39 is 0 Å². The summed E-state index contributed by atoms with van der Waals surface area (Å²) >= 11 is 1.57. The van der Waals surface area contributed by atoms with E-state index in [4.69, 9.17) is 0 Å². The highest BCUT2D eigenvalue weighted by Gasteiger charge is 2.31. The van der Waals surface area contributed by atoms with Gasteiger partial charge in [-0.05, 0) is 18.2 Å². The molecule has 0 atom stereocenters. The van der Waals surface area contributed by atoms with E-state index in [2.05, 4.69) is 21.5 Å². The summed E-state index contributed by atoms with van der Waals surface area (Å²) in [7, 11) is 0. The molecule has 1 aromatic carbocycles. The number of fused-ring (bicyclic) bond motifs is 1. The molecule has 0 radical (unpaired) electrons. The Morgan fingerprint density at radius 3 is 3.04 bits per heavy atom. The third kappa shape index (κ3) is 2.63. The zero-order valence-electron chi connectivity index (χ0n) is 13.0. The quantitative estimate of drug-likeness (QED) is 0.741. The lowest BCUT2D eigenvalue weighted by molar-refractivity contribution is 0.0467. The van der Waals surface area contributed by atoms with Gasteiger partial charge in [-0.3, -0.25) is 4.79 Å². The van der Waals surface area contributed by atoms with E-state index in [0.29, 0.717) is 5.92 Å². The average Bonchev–Trinajstić information content (AvgIpc) is 3.17. The van der Waals surface area contributed by atoms with Crippen LogP contribution in [0.1, 0.15) is 23.1 Å². The van der Waals surface area contributed by atoms with Crippen molar-refractivity contribution in [2.24, 2.45) is 5.92 Å². The summed E-state index contributed by atoms with van der Waals surface area (Å²) in [5.41, 5.74) is 3.53. The molecule has 5 nitrogen and oxygen atoms in total. The minimum absolute atomic E-state index is 0.123. The highest BCUT2D eigenvalue weighted by Crippen LogP contribution is 2.24. The fourth-order valence-corrected chi connectivity index (χ4v) is 3.84. The molecular formula is C17H18N4OS. The molecule has 0 spiro atoms. The van der Waals surface area contributed by atoms with Gasteiger partial charge in [-0.1, -0.05) is 6.92 Å². The van der Waals surface area contributed by atoms with Crippen molar-refractivity contribution in [2.45, 2.75) is 19.9 Å². The predicted molar refractivity (Wildman–Crippen MR) is 90.6 cm³/mol. The van der Waals surface area contributed by atoms with Crippen molar-refractivity contribution in [1.82, 2.24) is 19.4 Å². The van der Waals surface area contributed by atoms with E-state index in [1.165, 1.54) is 0 Å². The van der Waals surface area contributed by atoms with Gasteiger partial charge in [0, 0.05) is 49.9 Å². The third-order valence-electron chi connectivity index (χ3n) is 4.40. The number of rotatable bonds is 4. The van der Waals surface area contributed by atoms with Crippen molar-refractivity contribution < 1.29 is 4.79 Å². The molecule has 0 saturated carbocycles. The normalized spacial score (nSPS) is 15.1. The molecule has 6 heteroatoms. The van der Waals surface area contributed by atoms with Crippen molar-refractivity contribution in [3.05, 3.63) is 47.5 Å². The number of amides is 1. The standard InChI is InChI=1S/C17H18N4OS/c1-2-16-18-5-6-20(16)8-12-9-21(10-12)17(22)13-3-4-14-15(7-13)23-11-19-14/h3-7,11-12H,2,8-10H2,1H3.